The number of carbonyl (C=O) groups is 3. The number of rotatable bonds is 4. The van der Waals surface area contributed by atoms with Gasteiger partial charge in [-0.25, -0.2) is 4.39 Å². The highest BCUT2D eigenvalue weighted by atomic mass is 19.1. The number of nitrogens with zero attached hydrogens (tertiary/aromatic N) is 2. The van der Waals surface area contributed by atoms with Crippen LogP contribution in [0.4, 0.5) is 4.39 Å². The number of hydrogen-bond donors (Lipinski definition) is 5. The highest BCUT2D eigenvalue weighted by molar-refractivity contribution is 6.24. The summed E-state index contributed by atoms with van der Waals surface area (Å²) in [6, 6.07) is 0.137. The minimum Gasteiger partial charge on any atom is -0.510 e. The molecule has 1 fully saturated rings. The lowest BCUT2D eigenvalue weighted by Crippen LogP contribution is -2.63. The molecular formula is C28H34FN3O7. The van der Waals surface area contributed by atoms with E-state index in [1.54, 1.807) is 14.1 Å². The quantitative estimate of drug-likeness (QED) is 0.355. The Labute approximate surface area is 225 Å². The fourth-order valence-electron chi connectivity index (χ4n) is 7.00. The number of amides is 1. The number of primary amides is 1. The van der Waals surface area contributed by atoms with Gasteiger partial charge in [0.15, 0.2) is 11.4 Å². The normalized spacial score (nSPS) is 29.7. The van der Waals surface area contributed by atoms with E-state index in [4.69, 9.17) is 5.73 Å². The van der Waals surface area contributed by atoms with Gasteiger partial charge in [0.05, 0.1) is 11.6 Å². The van der Waals surface area contributed by atoms with E-state index in [2.05, 4.69) is 4.90 Å². The summed E-state index contributed by atoms with van der Waals surface area (Å²) in [5, 5.41) is 44.6. The third-order valence-corrected chi connectivity index (χ3v) is 8.82. The average molecular weight is 544 g/mol. The number of nitrogens with two attached hydrogens (primary N) is 1. The SMILES string of the molecule is CN(C)[C@@H]1C(O)=C(C(N)=O)C(=O)[C@@]2(O)C(O)=C3C(=O)c4c(O)cc(CN5CCCCCC5)c(F)c4C[C@H]3C[C@@H]12. The maximum atomic E-state index is 15.9. The van der Waals surface area contributed by atoms with Crippen molar-refractivity contribution in [1.29, 1.82) is 0 Å². The maximum Gasteiger partial charge on any atom is 0.255 e. The Bertz CT molecular complexity index is 1330. The van der Waals surface area contributed by atoms with Crippen LogP contribution >= 0.6 is 0 Å². The first kappa shape index (κ1) is 27.3. The van der Waals surface area contributed by atoms with Gasteiger partial charge in [0.25, 0.3) is 5.91 Å². The molecule has 210 valence electrons. The highest BCUT2D eigenvalue weighted by Gasteiger charge is 2.63. The summed E-state index contributed by atoms with van der Waals surface area (Å²) in [7, 11) is 3.11. The number of phenols is 1. The molecule has 5 rings (SSSR count). The number of fused-ring (bicyclic) bond motifs is 3. The molecule has 1 aliphatic heterocycles. The number of benzene rings is 1. The lowest BCUT2D eigenvalue weighted by molar-refractivity contribution is -0.148. The summed E-state index contributed by atoms with van der Waals surface area (Å²) >= 11 is 0. The first-order chi connectivity index (χ1) is 18.4. The first-order valence-corrected chi connectivity index (χ1v) is 13.3. The van der Waals surface area contributed by atoms with Crippen LogP contribution in [-0.4, -0.2) is 86.5 Å². The molecular weight excluding hydrogens is 509 g/mol. The van der Waals surface area contributed by atoms with Gasteiger partial charge >= 0.3 is 0 Å². The Morgan fingerprint density at radius 3 is 2.38 bits per heavy atom. The Morgan fingerprint density at radius 2 is 1.79 bits per heavy atom. The lowest BCUT2D eigenvalue weighted by Gasteiger charge is -2.50. The number of aliphatic hydroxyl groups excluding tert-OH is 2. The molecule has 11 heteroatoms. The summed E-state index contributed by atoms with van der Waals surface area (Å²) in [5.41, 5.74) is 1.44. The van der Waals surface area contributed by atoms with E-state index in [1.165, 1.54) is 11.0 Å². The number of hydrogen-bond acceptors (Lipinski definition) is 9. The molecule has 4 aliphatic rings. The molecule has 0 saturated carbocycles. The summed E-state index contributed by atoms with van der Waals surface area (Å²) in [4.78, 5) is 42.6. The van der Waals surface area contributed by atoms with Crippen molar-refractivity contribution in [2.24, 2.45) is 17.6 Å². The zero-order valence-corrected chi connectivity index (χ0v) is 22.0. The highest BCUT2D eigenvalue weighted by Crippen LogP contribution is 2.52. The Balaban J connectivity index is 1.61. The van der Waals surface area contributed by atoms with Gasteiger partial charge in [-0.15, -0.1) is 0 Å². The number of likely N-dealkylation sites (tertiary alicyclic amines) is 1. The molecule has 0 spiro atoms. The zero-order chi connectivity index (χ0) is 28.4. The number of aromatic hydroxyl groups is 1. The van der Waals surface area contributed by atoms with Crippen molar-refractivity contribution in [1.82, 2.24) is 9.80 Å². The molecule has 3 aliphatic carbocycles. The molecule has 39 heavy (non-hydrogen) atoms. The fraction of sp³-hybridized carbons (Fsp3) is 0.536. The van der Waals surface area contributed by atoms with Crippen molar-refractivity contribution < 1.29 is 39.2 Å². The molecule has 1 amide bonds. The number of allylic oxidation sites excluding steroid dienone is 1. The van der Waals surface area contributed by atoms with Crippen LogP contribution in [0, 0.1) is 17.7 Å². The molecule has 1 aromatic rings. The van der Waals surface area contributed by atoms with E-state index < -0.39 is 69.6 Å². The van der Waals surface area contributed by atoms with E-state index in [1.807, 2.05) is 0 Å². The number of aliphatic hydroxyl groups is 3. The number of ketones is 2. The van der Waals surface area contributed by atoms with Gasteiger partial charge in [0.2, 0.25) is 5.78 Å². The van der Waals surface area contributed by atoms with Gasteiger partial charge in [-0.2, -0.15) is 0 Å². The van der Waals surface area contributed by atoms with Crippen LogP contribution < -0.4 is 5.73 Å². The van der Waals surface area contributed by atoms with E-state index in [0.717, 1.165) is 38.8 Å². The van der Waals surface area contributed by atoms with Crippen molar-refractivity contribution in [2.45, 2.75) is 56.7 Å². The van der Waals surface area contributed by atoms with Gasteiger partial charge in [-0.3, -0.25) is 24.2 Å². The van der Waals surface area contributed by atoms with Crippen molar-refractivity contribution in [3.8, 4) is 5.75 Å². The predicted molar refractivity (Wildman–Crippen MR) is 137 cm³/mol. The van der Waals surface area contributed by atoms with Crippen LogP contribution in [0.1, 0.15) is 53.6 Å². The van der Waals surface area contributed by atoms with Crippen molar-refractivity contribution in [3.05, 3.63) is 51.2 Å². The van der Waals surface area contributed by atoms with E-state index in [-0.39, 0.29) is 41.6 Å². The van der Waals surface area contributed by atoms with Gasteiger partial charge in [-0.1, -0.05) is 12.8 Å². The second-order valence-corrected chi connectivity index (χ2v) is 11.4. The molecule has 0 bridgehead atoms. The van der Waals surface area contributed by atoms with Crippen molar-refractivity contribution >= 4 is 17.5 Å². The molecule has 0 aromatic heterocycles. The Morgan fingerprint density at radius 1 is 1.15 bits per heavy atom. The summed E-state index contributed by atoms with van der Waals surface area (Å²) < 4.78 is 15.9. The standard InChI is InChI=1S/C28H34FN3O7/c1-31(2)22-16-10-13-9-15-19(17(33)11-14(21(15)29)12-32-7-5-3-4-6-8-32)23(34)18(13)25(36)28(16,39)26(37)20(24(22)35)27(30)38/h11,13,16,22,33,35-36,39H,3-10,12H2,1-2H3,(H2,30,38)/t13-,16-,22-,28-/m0/s1. The monoisotopic (exact) mass is 543 g/mol. The Kier molecular flexibility index (Phi) is 6.80. The third-order valence-electron chi connectivity index (χ3n) is 8.82. The number of phenolic OH excluding ortho intramolecular Hbond substituents is 1. The zero-order valence-electron chi connectivity index (χ0n) is 22.0. The second kappa shape index (κ2) is 9.72. The van der Waals surface area contributed by atoms with Gasteiger partial charge in [0.1, 0.15) is 28.7 Å². The van der Waals surface area contributed by atoms with E-state index >= 15 is 4.39 Å². The number of carbonyl (C=O) groups excluding carboxylic acids is 3. The van der Waals surface area contributed by atoms with Crippen molar-refractivity contribution in [2.75, 3.05) is 27.2 Å². The van der Waals surface area contributed by atoms with Crippen molar-refractivity contribution in [3.63, 3.8) is 0 Å². The maximum absolute atomic E-state index is 15.9. The van der Waals surface area contributed by atoms with Gasteiger partial charge in [0, 0.05) is 29.2 Å². The summed E-state index contributed by atoms with van der Waals surface area (Å²) in [5.74, 6) is -8.08. The largest absolute Gasteiger partial charge is 0.510 e. The molecule has 1 aromatic carbocycles. The Hall–Kier alpha value is -3.28. The molecule has 1 saturated heterocycles. The van der Waals surface area contributed by atoms with Crippen LogP contribution in [-0.2, 0) is 22.6 Å². The number of likely N-dealkylation sites (N-methyl/N-ethyl adjacent to an activating group) is 1. The smallest absolute Gasteiger partial charge is 0.255 e. The van der Waals surface area contributed by atoms with E-state index in [9.17, 15) is 34.8 Å². The minimum atomic E-state index is -2.72. The van der Waals surface area contributed by atoms with Gasteiger partial charge in [-0.05, 0) is 64.9 Å². The van der Waals surface area contributed by atoms with Crippen LogP contribution in [0.3, 0.4) is 0 Å². The fourth-order valence-corrected chi connectivity index (χ4v) is 7.00. The van der Waals surface area contributed by atoms with Crippen LogP contribution in [0.25, 0.3) is 0 Å². The molecule has 10 nitrogen and oxygen atoms in total. The number of Topliss-reactive ketones (excluding diaryl/α,β-unsaturated/α-hetero) is 2. The second-order valence-electron chi connectivity index (χ2n) is 11.4. The van der Waals surface area contributed by atoms with Gasteiger partial charge < -0.3 is 26.2 Å². The third kappa shape index (κ3) is 4.06. The topological polar surface area (TPSA) is 165 Å². The lowest BCUT2D eigenvalue weighted by atomic mass is 9.58. The average Bonchev–Trinajstić information content (AvgIpc) is 3.12. The molecule has 4 atom stereocenters. The molecule has 1 heterocycles. The van der Waals surface area contributed by atoms with Crippen LogP contribution in [0.15, 0.2) is 28.7 Å². The molecule has 6 N–H and O–H groups in total. The number of halogens is 1. The minimum absolute atomic E-state index is 0.0259. The predicted octanol–water partition coefficient (Wildman–Crippen LogP) is 1.64. The molecule has 0 unspecified atom stereocenters. The van der Waals surface area contributed by atoms with Crippen LogP contribution in [0.2, 0.25) is 0 Å². The summed E-state index contributed by atoms with van der Waals surface area (Å²) in [6.45, 7) is 1.90. The first-order valence-electron chi connectivity index (χ1n) is 13.3. The molecule has 0 radical (unpaired) electrons. The summed E-state index contributed by atoms with van der Waals surface area (Å²) in [6.07, 6.45) is 4.07. The van der Waals surface area contributed by atoms with Crippen LogP contribution in [0.5, 0.6) is 5.75 Å². The van der Waals surface area contributed by atoms with E-state index in [0.29, 0.717) is 0 Å².